The molecule has 1 aromatic heterocycles. The maximum atomic E-state index is 5.69. The van der Waals surface area contributed by atoms with Gasteiger partial charge in [-0.2, -0.15) is 0 Å². The van der Waals surface area contributed by atoms with Gasteiger partial charge < -0.3 is 4.74 Å². The van der Waals surface area contributed by atoms with E-state index in [1.54, 1.807) is 6.20 Å². The third kappa shape index (κ3) is 3.10. The number of nitrogens with zero attached hydrogens (tertiary/aromatic N) is 1. The molecule has 19 heavy (non-hydrogen) atoms. The van der Waals surface area contributed by atoms with E-state index < -0.39 is 0 Å². The van der Waals surface area contributed by atoms with Crippen molar-refractivity contribution in [3.05, 3.63) is 59.4 Å². The molecule has 2 aromatic rings. The van der Waals surface area contributed by atoms with Crippen LogP contribution in [0.15, 0.2) is 42.7 Å². The zero-order valence-electron chi connectivity index (χ0n) is 11.3. The number of hydrogen-bond donors (Lipinski definition) is 2. The van der Waals surface area contributed by atoms with Gasteiger partial charge in [0.1, 0.15) is 5.75 Å². The highest BCUT2D eigenvalue weighted by Crippen LogP contribution is 2.25. The Hall–Kier alpha value is -1.91. The predicted octanol–water partition coefficient (Wildman–Crippen LogP) is 2.34. The van der Waals surface area contributed by atoms with Gasteiger partial charge in [-0.1, -0.05) is 12.1 Å². The van der Waals surface area contributed by atoms with Gasteiger partial charge in [0.15, 0.2) is 0 Å². The van der Waals surface area contributed by atoms with Crippen molar-refractivity contribution in [2.75, 3.05) is 6.61 Å². The maximum Gasteiger partial charge on any atom is 0.119 e. The Balaban J connectivity index is 2.29. The van der Waals surface area contributed by atoms with Gasteiger partial charge in [-0.3, -0.25) is 10.8 Å². The first-order chi connectivity index (χ1) is 9.26. The molecule has 3 N–H and O–H groups in total. The normalized spacial score (nSPS) is 12.2. The SMILES string of the molecule is CCOc1ccc(C(NN)c2cnccc2C)cc1. The number of aromatic nitrogens is 1. The van der Waals surface area contributed by atoms with Crippen molar-refractivity contribution in [3.8, 4) is 5.75 Å². The van der Waals surface area contributed by atoms with Crippen LogP contribution in [0.4, 0.5) is 0 Å². The van der Waals surface area contributed by atoms with E-state index in [4.69, 9.17) is 10.6 Å². The molecule has 0 bridgehead atoms. The smallest absolute Gasteiger partial charge is 0.119 e. The summed E-state index contributed by atoms with van der Waals surface area (Å²) in [5.74, 6) is 6.56. The third-order valence-corrected chi connectivity index (χ3v) is 3.08. The summed E-state index contributed by atoms with van der Waals surface area (Å²) in [6.07, 6.45) is 3.63. The van der Waals surface area contributed by atoms with Crippen molar-refractivity contribution < 1.29 is 4.74 Å². The number of aryl methyl sites for hydroxylation is 1. The molecule has 1 unspecified atom stereocenters. The Morgan fingerprint density at radius 3 is 2.58 bits per heavy atom. The molecule has 4 heteroatoms. The molecular weight excluding hydrogens is 238 g/mol. The number of ether oxygens (including phenoxy) is 1. The number of pyridine rings is 1. The summed E-state index contributed by atoms with van der Waals surface area (Å²) in [6.45, 7) is 4.69. The largest absolute Gasteiger partial charge is 0.494 e. The standard InChI is InChI=1S/C15H19N3O/c1-3-19-13-6-4-12(5-7-13)15(18-16)14-10-17-9-8-11(14)2/h4-10,15,18H,3,16H2,1-2H3. The molecule has 0 radical (unpaired) electrons. The Kier molecular flexibility index (Phi) is 4.49. The molecule has 0 spiro atoms. The van der Waals surface area contributed by atoms with E-state index in [2.05, 4.69) is 17.3 Å². The van der Waals surface area contributed by atoms with Crippen LogP contribution in [-0.2, 0) is 0 Å². The van der Waals surface area contributed by atoms with Crippen LogP contribution >= 0.6 is 0 Å². The van der Waals surface area contributed by atoms with Crippen LogP contribution in [0.2, 0.25) is 0 Å². The van der Waals surface area contributed by atoms with Crippen LogP contribution in [0.5, 0.6) is 5.75 Å². The zero-order chi connectivity index (χ0) is 13.7. The molecule has 0 saturated carbocycles. The minimum Gasteiger partial charge on any atom is -0.494 e. The van der Waals surface area contributed by atoms with Crippen LogP contribution in [0.1, 0.15) is 29.7 Å². The second-order valence-electron chi connectivity index (χ2n) is 4.33. The van der Waals surface area contributed by atoms with Gasteiger partial charge in [-0.15, -0.1) is 0 Å². The Morgan fingerprint density at radius 2 is 2.00 bits per heavy atom. The monoisotopic (exact) mass is 257 g/mol. The van der Waals surface area contributed by atoms with Crippen LogP contribution in [-0.4, -0.2) is 11.6 Å². The van der Waals surface area contributed by atoms with E-state index in [1.807, 2.05) is 43.5 Å². The molecule has 0 aliphatic carbocycles. The summed E-state index contributed by atoms with van der Waals surface area (Å²) in [5.41, 5.74) is 6.17. The third-order valence-electron chi connectivity index (χ3n) is 3.08. The van der Waals surface area contributed by atoms with E-state index in [-0.39, 0.29) is 6.04 Å². The number of hydrazine groups is 1. The lowest BCUT2D eigenvalue weighted by Gasteiger charge is -2.18. The van der Waals surface area contributed by atoms with Gasteiger partial charge in [0.2, 0.25) is 0 Å². The fourth-order valence-electron chi connectivity index (χ4n) is 2.07. The molecule has 0 aliphatic rings. The number of benzene rings is 1. The highest BCUT2D eigenvalue weighted by molar-refractivity contribution is 5.37. The molecule has 1 heterocycles. The fourth-order valence-corrected chi connectivity index (χ4v) is 2.07. The molecule has 1 aromatic carbocycles. The van der Waals surface area contributed by atoms with E-state index in [9.17, 15) is 0 Å². The molecule has 100 valence electrons. The molecule has 2 rings (SSSR count). The minimum atomic E-state index is -0.0654. The van der Waals surface area contributed by atoms with Gasteiger partial charge in [0, 0.05) is 12.4 Å². The highest BCUT2D eigenvalue weighted by atomic mass is 16.5. The van der Waals surface area contributed by atoms with Crippen LogP contribution < -0.4 is 16.0 Å². The van der Waals surface area contributed by atoms with E-state index in [0.29, 0.717) is 6.61 Å². The molecule has 0 saturated heterocycles. The van der Waals surface area contributed by atoms with Crippen molar-refractivity contribution in [3.63, 3.8) is 0 Å². The fraction of sp³-hybridized carbons (Fsp3) is 0.267. The Bertz CT molecular complexity index is 525. The summed E-state index contributed by atoms with van der Waals surface area (Å²) in [4.78, 5) is 4.17. The van der Waals surface area contributed by atoms with Crippen molar-refractivity contribution in [1.82, 2.24) is 10.4 Å². The molecule has 0 fully saturated rings. The zero-order valence-corrected chi connectivity index (χ0v) is 11.3. The summed E-state index contributed by atoms with van der Waals surface area (Å²) in [6, 6.07) is 9.85. The molecular formula is C15H19N3O. The van der Waals surface area contributed by atoms with Crippen molar-refractivity contribution in [2.45, 2.75) is 19.9 Å². The molecule has 0 aliphatic heterocycles. The highest BCUT2D eigenvalue weighted by Gasteiger charge is 2.14. The topological polar surface area (TPSA) is 60.2 Å². The summed E-state index contributed by atoms with van der Waals surface area (Å²) >= 11 is 0. The summed E-state index contributed by atoms with van der Waals surface area (Å²) in [7, 11) is 0. The first kappa shape index (κ1) is 13.5. The number of hydrogen-bond acceptors (Lipinski definition) is 4. The first-order valence-corrected chi connectivity index (χ1v) is 6.35. The van der Waals surface area contributed by atoms with Crippen molar-refractivity contribution in [2.24, 2.45) is 5.84 Å². The second kappa shape index (κ2) is 6.31. The molecule has 1 atom stereocenters. The minimum absolute atomic E-state index is 0.0654. The second-order valence-corrected chi connectivity index (χ2v) is 4.33. The van der Waals surface area contributed by atoms with Crippen molar-refractivity contribution >= 4 is 0 Å². The summed E-state index contributed by atoms with van der Waals surface area (Å²) in [5, 5.41) is 0. The average molecular weight is 257 g/mol. The Morgan fingerprint density at radius 1 is 1.26 bits per heavy atom. The predicted molar refractivity (Wildman–Crippen MR) is 75.8 cm³/mol. The Labute approximate surface area is 113 Å². The van der Waals surface area contributed by atoms with Gasteiger partial charge in [0.25, 0.3) is 0 Å². The first-order valence-electron chi connectivity index (χ1n) is 6.35. The van der Waals surface area contributed by atoms with Gasteiger partial charge in [-0.25, -0.2) is 5.43 Å². The van der Waals surface area contributed by atoms with E-state index in [1.165, 1.54) is 0 Å². The van der Waals surface area contributed by atoms with Gasteiger partial charge >= 0.3 is 0 Å². The average Bonchev–Trinajstić information content (AvgIpc) is 2.44. The summed E-state index contributed by atoms with van der Waals surface area (Å²) < 4.78 is 5.44. The van der Waals surface area contributed by atoms with Gasteiger partial charge in [-0.05, 0) is 48.7 Å². The van der Waals surface area contributed by atoms with E-state index >= 15 is 0 Å². The van der Waals surface area contributed by atoms with Gasteiger partial charge in [0.05, 0.1) is 12.6 Å². The van der Waals surface area contributed by atoms with Crippen LogP contribution in [0.25, 0.3) is 0 Å². The number of nitrogens with one attached hydrogen (secondary N) is 1. The van der Waals surface area contributed by atoms with Crippen molar-refractivity contribution in [1.29, 1.82) is 0 Å². The number of rotatable bonds is 5. The maximum absolute atomic E-state index is 5.69. The lowest BCUT2D eigenvalue weighted by Crippen LogP contribution is -2.29. The lowest BCUT2D eigenvalue weighted by atomic mass is 9.97. The molecule has 4 nitrogen and oxygen atoms in total. The quantitative estimate of drug-likeness (QED) is 0.637. The van der Waals surface area contributed by atoms with Crippen LogP contribution in [0, 0.1) is 6.92 Å². The molecule has 0 amide bonds. The lowest BCUT2D eigenvalue weighted by molar-refractivity contribution is 0.340. The van der Waals surface area contributed by atoms with Crippen LogP contribution in [0.3, 0.4) is 0 Å². The number of nitrogens with two attached hydrogens (primary N) is 1. The van der Waals surface area contributed by atoms with E-state index in [0.717, 1.165) is 22.4 Å².